The van der Waals surface area contributed by atoms with Gasteiger partial charge in [0.2, 0.25) is 0 Å². The lowest BCUT2D eigenvalue weighted by Crippen LogP contribution is -1.98. The Balaban J connectivity index is 2.48. The van der Waals surface area contributed by atoms with Crippen LogP contribution in [0.3, 0.4) is 0 Å². The second-order valence-corrected chi connectivity index (χ2v) is 4.96. The third-order valence-electron chi connectivity index (χ3n) is 3.36. The highest BCUT2D eigenvalue weighted by atomic mass is 15.3. The quantitative estimate of drug-likeness (QED) is 0.898. The van der Waals surface area contributed by atoms with Crippen molar-refractivity contribution < 1.29 is 0 Å². The smallest absolute Gasteiger partial charge is 0.129 e. The number of aromatic nitrogens is 2. The molecule has 0 unspecified atom stereocenters. The molecular formula is C15H21N3. The Bertz CT molecular complexity index is 536. The highest BCUT2D eigenvalue weighted by Crippen LogP contribution is 2.30. The molecule has 0 bridgehead atoms. The summed E-state index contributed by atoms with van der Waals surface area (Å²) in [5, 5.41) is 4.45. The Hall–Kier alpha value is -1.77. The Morgan fingerprint density at radius 3 is 2.33 bits per heavy atom. The van der Waals surface area contributed by atoms with E-state index >= 15 is 0 Å². The van der Waals surface area contributed by atoms with E-state index in [0.29, 0.717) is 5.92 Å². The monoisotopic (exact) mass is 243 g/mol. The van der Waals surface area contributed by atoms with Gasteiger partial charge in [-0.05, 0) is 23.5 Å². The zero-order valence-corrected chi connectivity index (χ0v) is 11.6. The average Bonchev–Trinajstić information content (AvgIpc) is 2.65. The summed E-state index contributed by atoms with van der Waals surface area (Å²) in [5.74, 6) is 1.29. The van der Waals surface area contributed by atoms with Crippen LogP contribution in [-0.4, -0.2) is 9.78 Å². The number of nitrogens with two attached hydrogens (primary N) is 1. The van der Waals surface area contributed by atoms with Gasteiger partial charge in [0.15, 0.2) is 0 Å². The first-order valence-electron chi connectivity index (χ1n) is 6.46. The van der Waals surface area contributed by atoms with Crippen LogP contribution in [0.5, 0.6) is 0 Å². The topological polar surface area (TPSA) is 43.8 Å². The van der Waals surface area contributed by atoms with Crippen LogP contribution in [-0.2, 0) is 13.5 Å². The molecule has 1 heterocycles. The number of anilines is 1. The molecule has 2 aromatic rings. The van der Waals surface area contributed by atoms with Gasteiger partial charge in [0.05, 0.1) is 5.69 Å². The fourth-order valence-corrected chi connectivity index (χ4v) is 2.19. The molecule has 0 aliphatic heterocycles. The number of benzene rings is 1. The summed E-state index contributed by atoms with van der Waals surface area (Å²) in [4.78, 5) is 0. The van der Waals surface area contributed by atoms with Crippen LogP contribution in [0.15, 0.2) is 24.3 Å². The van der Waals surface area contributed by atoms with Crippen molar-refractivity contribution in [2.45, 2.75) is 33.1 Å². The molecule has 0 spiro atoms. The van der Waals surface area contributed by atoms with Crippen molar-refractivity contribution >= 4 is 5.82 Å². The fraction of sp³-hybridized carbons (Fsp3) is 0.400. The molecule has 18 heavy (non-hydrogen) atoms. The van der Waals surface area contributed by atoms with E-state index in [4.69, 9.17) is 5.73 Å². The molecule has 2 rings (SSSR count). The summed E-state index contributed by atoms with van der Waals surface area (Å²) in [6, 6.07) is 8.63. The minimum Gasteiger partial charge on any atom is -0.383 e. The lowest BCUT2D eigenvalue weighted by Gasteiger charge is -2.07. The lowest BCUT2D eigenvalue weighted by molar-refractivity contribution is 0.755. The molecule has 1 aromatic heterocycles. The van der Waals surface area contributed by atoms with Gasteiger partial charge in [-0.1, -0.05) is 45.0 Å². The van der Waals surface area contributed by atoms with E-state index in [1.54, 1.807) is 4.68 Å². The zero-order valence-electron chi connectivity index (χ0n) is 11.6. The van der Waals surface area contributed by atoms with Crippen LogP contribution in [0.4, 0.5) is 5.82 Å². The SMILES string of the molecule is CCc1nn(C)c(N)c1-c1ccc(C(C)C)cc1. The molecule has 0 saturated heterocycles. The first-order valence-corrected chi connectivity index (χ1v) is 6.46. The van der Waals surface area contributed by atoms with Gasteiger partial charge >= 0.3 is 0 Å². The van der Waals surface area contributed by atoms with Gasteiger partial charge in [-0.25, -0.2) is 0 Å². The first-order chi connectivity index (χ1) is 8.54. The minimum absolute atomic E-state index is 0.552. The third kappa shape index (κ3) is 2.13. The Kier molecular flexibility index (Phi) is 3.41. The van der Waals surface area contributed by atoms with E-state index in [1.807, 2.05) is 7.05 Å². The summed E-state index contributed by atoms with van der Waals surface area (Å²) >= 11 is 0. The predicted octanol–water partition coefficient (Wildman–Crippen LogP) is 3.36. The maximum atomic E-state index is 6.11. The number of hydrogen-bond acceptors (Lipinski definition) is 2. The van der Waals surface area contributed by atoms with Crippen molar-refractivity contribution in [3.8, 4) is 11.1 Å². The van der Waals surface area contributed by atoms with Gasteiger partial charge in [0, 0.05) is 12.6 Å². The summed E-state index contributed by atoms with van der Waals surface area (Å²) < 4.78 is 1.75. The molecule has 96 valence electrons. The molecule has 1 aromatic carbocycles. The van der Waals surface area contributed by atoms with Crippen LogP contribution >= 0.6 is 0 Å². The van der Waals surface area contributed by atoms with E-state index in [1.165, 1.54) is 5.56 Å². The van der Waals surface area contributed by atoms with Gasteiger partial charge in [0.1, 0.15) is 5.82 Å². The van der Waals surface area contributed by atoms with Gasteiger partial charge in [-0.15, -0.1) is 0 Å². The molecule has 0 atom stereocenters. The van der Waals surface area contributed by atoms with Crippen molar-refractivity contribution in [1.82, 2.24) is 9.78 Å². The molecular weight excluding hydrogens is 222 g/mol. The molecule has 0 radical (unpaired) electrons. The summed E-state index contributed by atoms with van der Waals surface area (Å²) in [7, 11) is 1.89. The molecule has 0 aliphatic rings. The van der Waals surface area contributed by atoms with E-state index in [2.05, 4.69) is 50.1 Å². The highest BCUT2D eigenvalue weighted by molar-refractivity contribution is 5.76. The van der Waals surface area contributed by atoms with Crippen molar-refractivity contribution in [3.63, 3.8) is 0 Å². The second kappa shape index (κ2) is 4.84. The first kappa shape index (κ1) is 12.7. The van der Waals surface area contributed by atoms with Crippen LogP contribution in [0.2, 0.25) is 0 Å². The average molecular weight is 243 g/mol. The number of nitrogen functional groups attached to an aromatic ring is 1. The molecule has 0 saturated carbocycles. The van der Waals surface area contributed by atoms with Crippen LogP contribution in [0.25, 0.3) is 11.1 Å². The summed E-state index contributed by atoms with van der Waals surface area (Å²) in [6.45, 7) is 6.50. The largest absolute Gasteiger partial charge is 0.383 e. The number of aryl methyl sites for hydroxylation is 2. The highest BCUT2D eigenvalue weighted by Gasteiger charge is 2.14. The Labute approximate surface area is 109 Å². The zero-order chi connectivity index (χ0) is 13.3. The number of nitrogens with zero attached hydrogens (tertiary/aromatic N) is 2. The molecule has 3 nitrogen and oxygen atoms in total. The minimum atomic E-state index is 0.552. The number of hydrogen-bond donors (Lipinski definition) is 1. The molecule has 0 aliphatic carbocycles. The lowest BCUT2D eigenvalue weighted by atomic mass is 9.98. The predicted molar refractivity (Wildman–Crippen MR) is 76.5 cm³/mol. The van der Waals surface area contributed by atoms with Crippen LogP contribution < -0.4 is 5.73 Å². The molecule has 3 heteroatoms. The van der Waals surface area contributed by atoms with E-state index < -0.39 is 0 Å². The van der Waals surface area contributed by atoms with Crippen molar-refractivity contribution in [1.29, 1.82) is 0 Å². The van der Waals surface area contributed by atoms with Crippen molar-refractivity contribution in [2.24, 2.45) is 7.05 Å². The maximum Gasteiger partial charge on any atom is 0.129 e. The van der Waals surface area contributed by atoms with Crippen molar-refractivity contribution in [2.75, 3.05) is 5.73 Å². The molecule has 0 fully saturated rings. The van der Waals surface area contributed by atoms with E-state index in [-0.39, 0.29) is 0 Å². The van der Waals surface area contributed by atoms with E-state index in [9.17, 15) is 0 Å². The van der Waals surface area contributed by atoms with Crippen molar-refractivity contribution in [3.05, 3.63) is 35.5 Å². The summed E-state index contributed by atoms with van der Waals surface area (Å²) in [6.07, 6.45) is 0.895. The maximum absolute atomic E-state index is 6.11. The standard InChI is InChI=1S/C15H21N3/c1-5-13-14(15(16)18(4)17-13)12-8-6-11(7-9-12)10(2)3/h6-10H,5,16H2,1-4H3. The Morgan fingerprint density at radius 2 is 1.83 bits per heavy atom. The van der Waals surface area contributed by atoms with Crippen LogP contribution in [0.1, 0.15) is 37.9 Å². The Morgan fingerprint density at radius 1 is 1.22 bits per heavy atom. The van der Waals surface area contributed by atoms with Gasteiger partial charge in [0.25, 0.3) is 0 Å². The fourth-order valence-electron chi connectivity index (χ4n) is 2.19. The number of rotatable bonds is 3. The van der Waals surface area contributed by atoms with Gasteiger partial charge in [-0.3, -0.25) is 4.68 Å². The van der Waals surface area contributed by atoms with Gasteiger partial charge < -0.3 is 5.73 Å². The molecule has 2 N–H and O–H groups in total. The third-order valence-corrected chi connectivity index (χ3v) is 3.36. The van der Waals surface area contributed by atoms with Gasteiger partial charge in [-0.2, -0.15) is 5.10 Å². The normalized spacial score (nSPS) is 11.2. The summed E-state index contributed by atoms with van der Waals surface area (Å²) in [5.41, 5.74) is 10.8. The van der Waals surface area contributed by atoms with E-state index in [0.717, 1.165) is 29.1 Å². The molecule has 0 amide bonds. The second-order valence-electron chi connectivity index (χ2n) is 4.96. The van der Waals surface area contributed by atoms with Crippen LogP contribution in [0, 0.1) is 0 Å².